The van der Waals surface area contributed by atoms with Crippen molar-refractivity contribution < 1.29 is 28.6 Å². The minimum absolute atomic E-state index is 0.0108. The third-order valence-corrected chi connectivity index (χ3v) is 11.1. The molecule has 0 radical (unpaired) electrons. The third-order valence-electron chi connectivity index (χ3n) is 11.1. The molecule has 11 heteroatoms. The van der Waals surface area contributed by atoms with Crippen molar-refractivity contribution in [2.45, 2.75) is 115 Å². The van der Waals surface area contributed by atoms with Crippen molar-refractivity contribution in [2.24, 2.45) is 17.8 Å². The molecule has 0 spiro atoms. The van der Waals surface area contributed by atoms with E-state index in [-0.39, 0.29) is 30.4 Å². The van der Waals surface area contributed by atoms with Crippen LogP contribution >= 0.6 is 0 Å². The maximum absolute atomic E-state index is 14.4. The maximum atomic E-state index is 14.4. The van der Waals surface area contributed by atoms with Gasteiger partial charge in [-0.3, -0.25) is 14.7 Å². The molecule has 3 aliphatic rings. The summed E-state index contributed by atoms with van der Waals surface area (Å²) in [5.74, 6) is 3.22. The fourth-order valence-electron chi connectivity index (χ4n) is 7.17. The van der Waals surface area contributed by atoms with Gasteiger partial charge in [0.15, 0.2) is 5.89 Å². The average Bonchev–Trinajstić information content (AvgIpc) is 3.85. The second-order valence-electron chi connectivity index (χ2n) is 15.2. The molecule has 0 bridgehead atoms. The Morgan fingerprint density at radius 2 is 1.74 bits per heavy atom. The van der Waals surface area contributed by atoms with Gasteiger partial charge in [0, 0.05) is 48.3 Å². The molecule has 50 heavy (non-hydrogen) atoms. The van der Waals surface area contributed by atoms with Gasteiger partial charge in [0.1, 0.15) is 29.6 Å². The summed E-state index contributed by atoms with van der Waals surface area (Å²) < 4.78 is 16.9. The summed E-state index contributed by atoms with van der Waals surface area (Å²) in [6.07, 6.45) is 11.4. The lowest BCUT2D eigenvalue weighted by Gasteiger charge is -2.35. The van der Waals surface area contributed by atoms with Crippen LogP contribution in [0.4, 0.5) is 10.6 Å². The van der Waals surface area contributed by atoms with Crippen molar-refractivity contribution in [3.8, 4) is 17.0 Å². The lowest BCUT2D eigenvalue weighted by molar-refractivity contribution is -0.124. The number of hydrogen-bond acceptors (Lipinski definition) is 9. The topological polar surface area (TPSA) is 140 Å². The number of aliphatic hydroxyl groups is 1. The molecule has 1 unspecified atom stereocenters. The van der Waals surface area contributed by atoms with Crippen LogP contribution in [-0.4, -0.2) is 64.0 Å². The Morgan fingerprint density at radius 3 is 2.40 bits per heavy atom. The molecular weight excluding hydrogens is 634 g/mol. The van der Waals surface area contributed by atoms with E-state index in [4.69, 9.17) is 28.8 Å². The number of carbonyl (C=O) groups excluding carboxylic acids is 2. The highest BCUT2D eigenvalue weighted by Gasteiger charge is 2.35. The van der Waals surface area contributed by atoms with Crippen LogP contribution in [-0.2, 0) is 9.53 Å². The Hall–Kier alpha value is -3.99. The number of oxazole rings is 1. The van der Waals surface area contributed by atoms with E-state index in [0.29, 0.717) is 55.8 Å². The van der Waals surface area contributed by atoms with E-state index < -0.39 is 11.7 Å². The van der Waals surface area contributed by atoms with Gasteiger partial charge in [0.2, 0.25) is 5.91 Å². The second kappa shape index (κ2) is 15.5. The minimum atomic E-state index is -1.02. The van der Waals surface area contributed by atoms with E-state index in [2.05, 4.69) is 11.4 Å². The van der Waals surface area contributed by atoms with E-state index in [0.717, 1.165) is 72.8 Å². The van der Waals surface area contributed by atoms with Crippen molar-refractivity contribution >= 4 is 17.8 Å². The molecule has 0 aliphatic heterocycles. The largest absolute Gasteiger partial charge is 0.495 e. The fourth-order valence-corrected chi connectivity index (χ4v) is 7.17. The number of methoxy groups -OCH3 is 1. The van der Waals surface area contributed by atoms with E-state index >= 15 is 0 Å². The van der Waals surface area contributed by atoms with Gasteiger partial charge in [0.05, 0.1) is 18.4 Å². The van der Waals surface area contributed by atoms with E-state index in [9.17, 15) is 14.7 Å². The number of rotatable bonds is 12. The van der Waals surface area contributed by atoms with E-state index in [1.807, 2.05) is 43.9 Å². The zero-order valence-corrected chi connectivity index (χ0v) is 30.2. The van der Waals surface area contributed by atoms with Crippen molar-refractivity contribution in [1.82, 2.24) is 20.3 Å². The summed E-state index contributed by atoms with van der Waals surface area (Å²) in [5, 5.41) is 13.2. The van der Waals surface area contributed by atoms with Gasteiger partial charge in [0.25, 0.3) is 0 Å². The first kappa shape index (κ1) is 35.8. The number of aryl methyl sites for hydroxylation is 1. The molecule has 6 rings (SSSR count). The molecule has 3 aliphatic carbocycles. The predicted molar refractivity (Wildman–Crippen MR) is 190 cm³/mol. The Bertz CT molecular complexity index is 1620. The smallest absolute Gasteiger partial charge is 0.407 e. The van der Waals surface area contributed by atoms with E-state index in [1.165, 1.54) is 0 Å². The SMILES string of the molecule is COc1ccc([C@H]2CC[C@H](CN(c3cc(-c4coc(C5CC5)n4)ccn3)C(=O)[C@H]3CC[C@H](OC(=O)NCC(C)(O)C(C)C)CC3)CC2)nc1C. The summed E-state index contributed by atoms with van der Waals surface area (Å²) in [7, 11) is 1.67. The van der Waals surface area contributed by atoms with Crippen molar-refractivity contribution in [1.29, 1.82) is 0 Å². The van der Waals surface area contributed by atoms with Crippen LogP contribution in [0.5, 0.6) is 5.75 Å². The number of hydrogen-bond donors (Lipinski definition) is 2. The number of amides is 2. The van der Waals surface area contributed by atoms with Gasteiger partial charge < -0.3 is 24.3 Å². The first-order valence-corrected chi connectivity index (χ1v) is 18.4. The molecule has 0 saturated heterocycles. The summed E-state index contributed by atoms with van der Waals surface area (Å²) >= 11 is 0. The minimum Gasteiger partial charge on any atom is -0.495 e. The first-order chi connectivity index (χ1) is 24.0. The van der Waals surface area contributed by atoms with Crippen LogP contribution in [0.25, 0.3) is 11.3 Å². The van der Waals surface area contributed by atoms with Crippen LogP contribution in [0.3, 0.4) is 0 Å². The van der Waals surface area contributed by atoms with Gasteiger partial charge in [-0.15, -0.1) is 0 Å². The van der Waals surface area contributed by atoms with Crippen LogP contribution in [0.2, 0.25) is 0 Å². The first-order valence-electron chi connectivity index (χ1n) is 18.4. The van der Waals surface area contributed by atoms with Gasteiger partial charge in [-0.25, -0.2) is 14.8 Å². The average molecular weight is 688 g/mol. The Balaban J connectivity index is 1.12. The lowest BCUT2D eigenvalue weighted by atomic mass is 9.79. The number of carbonyl (C=O) groups is 2. The highest BCUT2D eigenvalue weighted by Crippen LogP contribution is 2.41. The molecule has 11 nitrogen and oxygen atoms in total. The zero-order valence-electron chi connectivity index (χ0n) is 30.2. The molecule has 3 saturated carbocycles. The molecule has 3 aromatic heterocycles. The highest BCUT2D eigenvalue weighted by molar-refractivity contribution is 5.94. The number of aromatic nitrogens is 3. The number of anilines is 1. The molecule has 2 amide bonds. The van der Waals surface area contributed by atoms with E-state index in [1.54, 1.807) is 26.5 Å². The van der Waals surface area contributed by atoms with Crippen molar-refractivity contribution in [2.75, 3.05) is 25.1 Å². The maximum Gasteiger partial charge on any atom is 0.407 e. The highest BCUT2D eigenvalue weighted by atomic mass is 16.6. The summed E-state index contributed by atoms with van der Waals surface area (Å²) in [6, 6.07) is 7.98. The summed E-state index contributed by atoms with van der Waals surface area (Å²) in [4.78, 5) is 43.1. The Kier molecular flexibility index (Phi) is 11.1. The number of ether oxygens (including phenoxy) is 2. The number of nitrogens with one attached hydrogen (secondary N) is 1. The molecule has 3 aromatic rings. The molecule has 0 aromatic carbocycles. The number of alkyl carbamates (subject to hydrolysis) is 1. The van der Waals surface area contributed by atoms with Crippen LogP contribution in [0.15, 0.2) is 41.1 Å². The fraction of sp³-hybridized carbons (Fsp3) is 0.615. The van der Waals surface area contributed by atoms with Crippen LogP contribution in [0.1, 0.15) is 114 Å². The zero-order chi connectivity index (χ0) is 35.4. The van der Waals surface area contributed by atoms with Gasteiger partial charge in [-0.05, 0) is 114 Å². The molecule has 1 atom stereocenters. The predicted octanol–water partition coefficient (Wildman–Crippen LogP) is 7.33. The normalized spacial score (nSPS) is 23.6. The third kappa shape index (κ3) is 8.65. The summed E-state index contributed by atoms with van der Waals surface area (Å²) in [6.45, 7) is 8.21. The molecule has 270 valence electrons. The van der Waals surface area contributed by atoms with Gasteiger partial charge in [-0.2, -0.15) is 0 Å². The van der Waals surface area contributed by atoms with Gasteiger partial charge >= 0.3 is 6.09 Å². The van der Waals surface area contributed by atoms with Crippen LogP contribution < -0.4 is 15.0 Å². The van der Waals surface area contributed by atoms with Gasteiger partial charge in [-0.1, -0.05) is 13.8 Å². The number of pyridine rings is 2. The molecule has 3 fully saturated rings. The Labute approximate surface area is 295 Å². The molecule has 3 heterocycles. The van der Waals surface area contributed by atoms with Crippen molar-refractivity contribution in [3.63, 3.8) is 0 Å². The molecule has 2 N–H and O–H groups in total. The van der Waals surface area contributed by atoms with Crippen molar-refractivity contribution in [3.05, 3.63) is 54.0 Å². The summed E-state index contributed by atoms with van der Waals surface area (Å²) in [5.41, 5.74) is 2.64. The second-order valence-corrected chi connectivity index (χ2v) is 15.2. The number of nitrogens with zero attached hydrogens (tertiary/aromatic N) is 4. The Morgan fingerprint density at radius 1 is 1.02 bits per heavy atom. The monoisotopic (exact) mass is 687 g/mol. The van der Waals surface area contributed by atoms with Crippen LogP contribution in [0, 0.1) is 24.7 Å². The lowest BCUT2D eigenvalue weighted by Crippen LogP contribution is -2.45. The molecular formula is C39H53N5O6. The standard InChI is InChI=1S/C39H53N5O6/c1-24(2)39(4,47)23-41-38(46)50-31-14-12-29(13-15-31)37(45)44(35-20-30(18-19-40-35)33-22-49-36(43-33)28-10-11-28)21-26-6-8-27(9-7-26)32-16-17-34(48-5)25(3)42-32/h16-20,22,24,26-29,31,47H,6-15,21,23H2,1-5H3,(H,41,46)/t26-,27-,29-,31-,39?. The quantitative estimate of drug-likeness (QED) is 0.200.